The van der Waals surface area contributed by atoms with E-state index in [9.17, 15) is 0 Å². The van der Waals surface area contributed by atoms with Gasteiger partial charge >= 0.3 is 0 Å². The van der Waals surface area contributed by atoms with Crippen LogP contribution in [-0.2, 0) is 10.8 Å². The monoisotopic (exact) mass is 753 g/mol. The highest BCUT2D eigenvalue weighted by molar-refractivity contribution is 6.96. The maximum Gasteiger partial charge on any atom is 0.242 e. The second-order valence-electron chi connectivity index (χ2n) is 19.0. The van der Waals surface area contributed by atoms with Crippen LogP contribution in [0.25, 0.3) is 10.8 Å². The maximum absolute atomic E-state index is 2.56. The molecule has 0 aromatic heterocycles. The van der Waals surface area contributed by atoms with Gasteiger partial charge in [-0.1, -0.05) is 159 Å². The van der Waals surface area contributed by atoms with Crippen LogP contribution in [0, 0.1) is 53.4 Å². The fraction of sp³-hybridized carbons (Fsp3) is 0.286. The molecule has 4 fully saturated rings. The van der Waals surface area contributed by atoms with E-state index in [1.165, 1.54) is 116 Å². The molecule has 0 radical (unpaired) electrons. The van der Waals surface area contributed by atoms with Crippen molar-refractivity contribution in [2.24, 2.45) is 11.8 Å². The smallest absolute Gasteiger partial charge is 0.242 e. The molecular weight excluding hydrogens is 697 g/mol. The molecule has 0 amide bonds. The number of hydrogen-bond donors (Lipinski definition) is 0. The van der Waals surface area contributed by atoms with E-state index in [2.05, 4.69) is 192 Å². The minimum atomic E-state index is 0.210. The molecule has 4 aliphatic carbocycles. The van der Waals surface area contributed by atoms with Crippen molar-refractivity contribution in [2.75, 3.05) is 4.90 Å². The molecule has 0 saturated heterocycles. The van der Waals surface area contributed by atoms with Crippen molar-refractivity contribution < 1.29 is 0 Å². The molecular formula is C56H56BN. The zero-order valence-electron chi connectivity index (χ0n) is 35.3. The molecule has 0 aliphatic heterocycles. The van der Waals surface area contributed by atoms with Gasteiger partial charge in [-0.3, -0.25) is 0 Å². The van der Waals surface area contributed by atoms with Crippen LogP contribution in [-0.4, -0.2) is 6.71 Å². The third kappa shape index (κ3) is 6.32. The summed E-state index contributed by atoms with van der Waals surface area (Å²) in [6.45, 7) is 13.9. The molecule has 11 rings (SSSR count). The molecule has 0 N–H and O–H groups in total. The number of fused-ring (bicyclic) bond motifs is 1. The van der Waals surface area contributed by atoms with E-state index in [1.54, 1.807) is 11.1 Å². The molecule has 2 heteroatoms. The van der Waals surface area contributed by atoms with Gasteiger partial charge in [0.1, 0.15) is 0 Å². The molecule has 7 aromatic rings. The van der Waals surface area contributed by atoms with Crippen LogP contribution in [0.3, 0.4) is 0 Å². The maximum atomic E-state index is 2.56. The summed E-state index contributed by atoms with van der Waals surface area (Å²) in [7, 11) is 0. The summed E-state index contributed by atoms with van der Waals surface area (Å²) in [6, 6.07) is 55.9. The molecule has 4 bridgehead atoms. The molecule has 7 aromatic carbocycles. The molecule has 0 spiro atoms. The lowest BCUT2D eigenvalue weighted by Gasteiger charge is -2.63. The third-order valence-electron chi connectivity index (χ3n) is 14.7. The number of hydrogen-bond acceptors (Lipinski definition) is 1. The lowest BCUT2D eigenvalue weighted by molar-refractivity contribution is -0.0281. The van der Waals surface area contributed by atoms with Gasteiger partial charge in [-0.2, -0.15) is 0 Å². The van der Waals surface area contributed by atoms with Crippen LogP contribution in [0.1, 0.15) is 83.0 Å². The van der Waals surface area contributed by atoms with Crippen molar-refractivity contribution in [1.82, 2.24) is 0 Å². The largest absolute Gasteiger partial charge is 0.310 e. The van der Waals surface area contributed by atoms with Gasteiger partial charge in [-0.25, -0.2) is 0 Å². The Balaban J connectivity index is 0.999. The van der Waals surface area contributed by atoms with Gasteiger partial charge in [0.05, 0.1) is 0 Å². The Kier molecular flexibility index (Phi) is 9.05. The summed E-state index contributed by atoms with van der Waals surface area (Å²) in [5.41, 5.74) is 19.8. The van der Waals surface area contributed by atoms with Crippen molar-refractivity contribution in [1.29, 1.82) is 0 Å². The second-order valence-corrected chi connectivity index (χ2v) is 19.0. The first-order chi connectivity index (χ1) is 28.1. The van der Waals surface area contributed by atoms with E-state index >= 15 is 0 Å². The summed E-state index contributed by atoms with van der Waals surface area (Å²) in [4.78, 5) is 2.42. The number of benzene rings is 7. The number of rotatable bonds is 8. The fourth-order valence-corrected chi connectivity index (χ4v) is 13.0. The Labute approximate surface area is 347 Å². The molecule has 2 unspecified atom stereocenters. The Morgan fingerprint density at radius 1 is 0.448 bits per heavy atom. The van der Waals surface area contributed by atoms with E-state index in [0.717, 1.165) is 11.8 Å². The first-order valence-corrected chi connectivity index (χ1v) is 21.8. The Bertz CT molecular complexity index is 2540. The fourth-order valence-electron chi connectivity index (χ4n) is 13.0. The Morgan fingerprint density at radius 2 is 0.897 bits per heavy atom. The molecule has 1 nitrogen and oxygen atoms in total. The standard InChI is InChI=1S/C56H56BN/c1-37-26-39(3)53(40(4)27-37)57(54-41(5)28-38(2)29-42(54)6)49-21-17-47(18-22-49)55-32-43-30-44(33-55)35-56(34-43,36-55)48-19-24-51(25-20-48)58(50-14-8-7-9-15-50)52-23-16-45-12-10-11-13-46(45)31-52/h7-29,31,43-44H,30,32-36H2,1-6H3. The molecule has 4 saturated carbocycles. The molecule has 288 valence electrons. The quantitative estimate of drug-likeness (QED) is 0.140. The summed E-state index contributed by atoms with van der Waals surface area (Å²) in [5, 5.41) is 2.54. The number of aryl methyl sites for hydroxylation is 6. The Morgan fingerprint density at radius 3 is 1.43 bits per heavy atom. The average molecular weight is 754 g/mol. The van der Waals surface area contributed by atoms with E-state index in [4.69, 9.17) is 0 Å². The lowest BCUT2D eigenvalue weighted by Crippen LogP contribution is -2.57. The zero-order chi connectivity index (χ0) is 39.8. The first kappa shape index (κ1) is 37.0. The minimum absolute atomic E-state index is 0.210. The Hall–Kier alpha value is -5.34. The minimum Gasteiger partial charge on any atom is -0.310 e. The lowest BCUT2D eigenvalue weighted by atomic mass is 9.34. The number of anilines is 3. The average Bonchev–Trinajstić information content (AvgIpc) is 3.20. The third-order valence-corrected chi connectivity index (χ3v) is 14.7. The van der Waals surface area contributed by atoms with E-state index in [-0.39, 0.29) is 17.5 Å². The van der Waals surface area contributed by atoms with Crippen LogP contribution in [0.2, 0.25) is 0 Å². The predicted octanol–water partition coefficient (Wildman–Crippen LogP) is 12.5. The van der Waals surface area contributed by atoms with Crippen molar-refractivity contribution in [2.45, 2.75) is 90.9 Å². The summed E-state index contributed by atoms with van der Waals surface area (Å²) < 4.78 is 0. The summed E-state index contributed by atoms with van der Waals surface area (Å²) in [6.07, 6.45) is 7.99. The van der Waals surface area contributed by atoms with Crippen LogP contribution in [0.5, 0.6) is 0 Å². The van der Waals surface area contributed by atoms with Crippen LogP contribution in [0.4, 0.5) is 17.1 Å². The van der Waals surface area contributed by atoms with Crippen molar-refractivity contribution in [3.8, 4) is 0 Å². The molecule has 4 aliphatic rings. The SMILES string of the molecule is Cc1cc(C)c(B(c2ccc(C34CC5CC(C3)CC(c3ccc(N(c6ccccc6)c6ccc7ccccc7c6)cc3)(C5)C4)cc2)c2c(C)cc(C)cc2C)c(C)c1. The molecule has 2 atom stereocenters. The van der Waals surface area contributed by atoms with Crippen molar-refractivity contribution in [3.05, 3.63) is 190 Å². The summed E-state index contributed by atoms with van der Waals surface area (Å²) >= 11 is 0. The van der Waals surface area contributed by atoms with Gasteiger partial charge in [-0.15, -0.1) is 0 Å². The van der Waals surface area contributed by atoms with Crippen molar-refractivity contribution >= 4 is 50.9 Å². The molecule has 0 heterocycles. The van der Waals surface area contributed by atoms with Crippen LogP contribution >= 0.6 is 0 Å². The van der Waals surface area contributed by atoms with Gasteiger partial charge < -0.3 is 4.90 Å². The highest BCUT2D eigenvalue weighted by Gasteiger charge is 2.58. The van der Waals surface area contributed by atoms with Gasteiger partial charge in [0.15, 0.2) is 0 Å². The highest BCUT2D eigenvalue weighted by atomic mass is 15.1. The van der Waals surface area contributed by atoms with E-state index in [0.29, 0.717) is 0 Å². The van der Waals surface area contributed by atoms with Crippen LogP contribution in [0.15, 0.2) is 146 Å². The topological polar surface area (TPSA) is 3.24 Å². The number of nitrogens with zero attached hydrogens (tertiary/aromatic N) is 1. The second kappa shape index (κ2) is 14.2. The van der Waals surface area contributed by atoms with E-state index < -0.39 is 0 Å². The van der Waals surface area contributed by atoms with Gasteiger partial charge in [0, 0.05) is 17.1 Å². The summed E-state index contributed by atoms with van der Waals surface area (Å²) in [5.74, 6) is 1.59. The van der Waals surface area contributed by atoms with Crippen molar-refractivity contribution in [3.63, 3.8) is 0 Å². The highest BCUT2D eigenvalue weighted by Crippen LogP contribution is 2.66. The zero-order valence-corrected chi connectivity index (χ0v) is 35.3. The van der Waals surface area contributed by atoms with Gasteiger partial charge in [0.25, 0.3) is 0 Å². The normalized spacial score (nSPS) is 22.0. The number of para-hydroxylation sites is 1. The molecule has 58 heavy (non-hydrogen) atoms. The first-order valence-electron chi connectivity index (χ1n) is 21.8. The predicted molar refractivity (Wildman–Crippen MR) is 249 cm³/mol. The van der Waals surface area contributed by atoms with Crippen LogP contribution < -0.4 is 21.3 Å². The van der Waals surface area contributed by atoms with E-state index in [1.807, 2.05) is 0 Å². The van der Waals surface area contributed by atoms with Gasteiger partial charge in [-0.05, 0) is 161 Å². The van der Waals surface area contributed by atoms with Gasteiger partial charge in [0.2, 0.25) is 6.71 Å².